The van der Waals surface area contributed by atoms with Crippen LogP contribution in [0.5, 0.6) is 0 Å². The van der Waals surface area contributed by atoms with Gasteiger partial charge in [0.1, 0.15) is 5.82 Å². The molecule has 1 heterocycles. The number of methoxy groups -OCH3 is 1. The van der Waals surface area contributed by atoms with Gasteiger partial charge in [0, 0.05) is 5.69 Å². The van der Waals surface area contributed by atoms with Crippen molar-refractivity contribution in [3.63, 3.8) is 0 Å². The summed E-state index contributed by atoms with van der Waals surface area (Å²) in [5, 5.41) is 2.93. The number of benzene rings is 1. The molecule has 22 heavy (non-hydrogen) atoms. The number of anilines is 1. The number of rotatable bonds is 3. The molecule has 114 valence electrons. The van der Waals surface area contributed by atoms with Crippen LogP contribution >= 0.6 is 23.2 Å². The highest BCUT2D eigenvalue weighted by atomic mass is 35.5. The molecule has 0 atom stereocenters. The van der Waals surface area contributed by atoms with Crippen LogP contribution < -0.4 is 5.32 Å². The number of pyridine rings is 1. The van der Waals surface area contributed by atoms with Gasteiger partial charge in [-0.3, -0.25) is 4.79 Å². The van der Waals surface area contributed by atoms with E-state index in [4.69, 9.17) is 23.2 Å². The number of carbonyl (C=O) groups is 2. The van der Waals surface area contributed by atoms with Crippen LogP contribution in [0, 0.1) is 6.92 Å². The van der Waals surface area contributed by atoms with E-state index >= 15 is 0 Å². The van der Waals surface area contributed by atoms with Crippen molar-refractivity contribution in [2.24, 2.45) is 0 Å². The van der Waals surface area contributed by atoms with E-state index in [1.54, 1.807) is 25.1 Å². The first-order valence-electron chi connectivity index (χ1n) is 6.24. The maximum Gasteiger partial charge on any atom is 0.338 e. The van der Waals surface area contributed by atoms with E-state index in [2.05, 4.69) is 15.0 Å². The molecule has 0 bridgehead atoms. The fourth-order valence-electron chi connectivity index (χ4n) is 1.81. The number of nitrogens with zero attached hydrogens (tertiary/aromatic N) is 1. The Kier molecular flexibility index (Phi) is 5.00. The molecule has 0 aliphatic carbocycles. The third kappa shape index (κ3) is 3.55. The number of carbonyl (C=O) groups excluding carboxylic acids is 2. The smallest absolute Gasteiger partial charge is 0.338 e. The summed E-state index contributed by atoms with van der Waals surface area (Å²) in [5.41, 5.74) is 0.840. The molecule has 0 saturated carbocycles. The molecule has 0 spiro atoms. The lowest BCUT2D eigenvalue weighted by molar-refractivity contribution is 0.0597. The zero-order valence-electron chi connectivity index (χ0n) is 11.8. The maximum atomic E-state index is 12.4. The molecule has 1 aromatic carbocycles. The number of ether oxygens (including phenoxy) is 1. The maximum absolute atomic E-state index is 12.4. The quantitative estimate of drug-likeness (QED) is 0.865. The highest BCUT2D eigenvalue weighted by Gasteiger charge is 2.20. The van der Waals surface area contributed by atoms with Gasteiger partial charge in [-0.15, -0.1) is 0 Å². The number of aromatic nitrogens is 1. The summed E-state index contributed by atoms with van der Waals surface area (Å²) < 4.78 is 4.65. The lowest BCUT2D eigenvalue weighted by atomic mass is 10.1. The molecular weight excluding hydrogens is 327 g/mol. The first-order valence-corrected chi connectivity index (χ1v) is 7.00. The van der Waals surface area contributed by atoms with E-state index in [0.717, 1.165) is 5.69 Å². The number of halogens is 2. The zero-order chi connectivity index (χ0) is 16.3. The van der Waals surface area contributed by atoms with Crippen molar-refractivity contribution in [3.05, 3.63) is 57.2 Å². The summed E-state index contributed by atoms with van der Waals surface area (Å²) in [7, 11) is 1.22. The highest BCUT2D eigenvalue weighted by molar-refractivity contribution is 6.42. The van der Waals surface area contributed by atoms with Crippen molar-refractivity contribution in [2.75, 3.05) is 12.4 Å². The third-order valence-corrected chi connectivity index (χ3v) is 3.56. The van der Waals surface area contributed by atoms with E-state index < -0.39 is 11.9 Å². The summed E-state index contributed by atoms with van der Waals surface area (Å²) in [4.78, 5) is 28.3. The molecule has 1 N–H and O–H groups in total. The highest BCUT2D eigenvalue weighted by Crippen LogP contribution is 2.27. The van der Waals surface area contributed by atoms with E-state index in [-0.39, 0.29) is 21.2 Å². The monoisotopic (exact) mass is 338 g/mol. The van der Waals surface area contributed by atoms with Crippen LogP contribution in [0.1, 0.15) is 26.4 Å². The van der Waals surface area contributed by atoms with E-state index in [1.807, 2.05) is 0 Å². The van der Waals surface area contributed by atoms with E-state index in [9.17, 15) is 9.59 Å². The van der Waals surface area contributed by atoms with Crippen molar-refractivity contribution in [3.8, 4) is 0 Å². The summed E-state index contributed by atoms with van der Waals surface area (Å²) >= 11 is 11.8. The van der Waals surface area contributed by atoms with Crippen LogP contribution in [0.15, 0.2) is 30.3 Å². The van der Waals surface area contributed by atoms with E-state index in [1.165, 1.54) is 19.2 Å². The second-order valence-corrected chi connectivity index (χ2v) is 5.24. The number of nitrogens with one attached hydrogen (secondary N) is 1. The van der Waals surface area contributed by atoms with Crippen LogP contribution in [0.2, 0.25) is 10.0 Å². The molecule has 0 unspecified atom stereocenters. The third-order valence-electron chi connectivity index (χ3n) is 2.84. The largest absolute Gasteiger partial charge is 0.465 e. The summed E-state index contributed by atoms with van der Waals surface area (Å²) in [6.07, 6.45) is 0. The molecule has 2 aromatic rings. The van der Waals surface area contributed by atoms with Crippen LogP contribution in [-0.4, -0.2) is 24.0 Å². The first-order chi connectivity index (χ1) is 10.4. The van der Waals surface area contributed by atoms with Crippen LogP contribution in [0.25, 0.3) is 0 Å². The second-order valence-electron chi connectivity index (χ2n) is 4.42. The van der Waals surface area contributed by atoms with Gasteiger partial charge in [-0.2, -0.15) is 0 Å². The predicted molar refractivity (Wildman–Crippen MR) is 84.7 cm³/mol. The zero-order valence-corrected chi connectivity index (χ0v) is 13.3. The van der Waals surface area contributed by atoms with Crippen LogP contribution in [0.3, 0.4) is 0 Å². The lowest BCUT2D eigenvalue weighted by Gasteiger charge is -2.10. The molecule has 0 radical (unpaired) electrons. The Morgan fingerprint density at radius 3 is 2.36 bits per heavy atom. The van der Waals surface area contributed by atoms with Crippen molar-refractivity contribution in [1.29, 1.82) is 0 Å². The van der Waals surface area contributed by atoms with Gasteiger partial charge in [0.15, 0.2) is 0 Å². The summed E-state index contributed by atoms with van der Waals surface area (Å²) in [6, 6.07) is 7.82. The lowest BCUT2D eigenvalue weighted by Crippen LogP contribution is -2.18. The Balaban J connectivity index is 2.40. The van der Waals surface area contributed by atoms with Crippen LogP contribution in [-0.2, 0) is 4.74 Å². The van der Waals surface area contributed by atoms with Gasteiger partial charge in [0.2, 0.25) is 0 Å². The van der Waals surface area contributed by atoms with Gasteiger partial charge >= 0.3 is 5.97 Å². The average molecular weight is 339 g/mol. The van der Waals surface area contributed by atoms with Gasteiger partial charge in [-0.1, -0.05) is 29.3 Å². The molecule has 0 saturated heterocycles. The Morgan fingerprint density at radius 2 is 1.77 bits per heavy atom. The Hall–Kier alpha value is -2.11. The van der Waals surface area contributed by atoms with Gasteiger partial charge < -0.3 is 10.1 Å². The van der Waals surface area contributed by atoms with Crippen molar-refractivity contribution >= 4 is 40.9 Å². The molecule has 0 aliphatic heterocycles. The second kappa shape index (κ2) is 6.77. The summed E-state index contributed by atoms with van der Waals surface area (Å²) in [6.45, 7) is 1.80. The number of aryl methyl sites for hydroxylation is 1. The Labute approximate surface area is 137 Å². The van der Waals surface area contributed by atoms with Gasteiger partial charge in [0.25, 0.3) is 5.91 Å². The topological polar surface area (TPSA) is 68.3 Å². The number of amides is 1. The molecular formula is C15H12Cl2N2O3. The fraction of sp³-hybridized carbons (Fsp3) is 0.133. The van der Waals surface area contributed by atoms with Gasteiger partial charge in [-0.25, -0.2) is 9.78 Å². The standard InChI is InChI=1S/C15H12Cl2N2O3/c1-8-4-3-5-13(18-8)19-14(20)9-6-11(16)12(17)7-10(9)15(21)22-2/h3-7H,1-2H3,(H,18,19,20). The average Bonchev–Trinajstić information content (AvgIpc) is 2.48. The minimum absolute atomic E-state index is 0.0297. The summed E-state index contributed by atoms with van der Waals surface area (Å²) in [5.74, 6) is -0.843. The molecule has 7 heteroatoms. The number of hydrogen-bond donors (Lipinski definition) is 1. The predicted octanol–water partition coefficient (Wildman–Crippen LogP) is 3.74. The molecule has 0 aliphatic rings. The van der Waals surface area contributed by atoms with E-state index in [0.29, 0.717) is 5.82 Å². The minimum atomic E-state index is -0.680. The van der Waals surface area contributed by atoms with Crippen molar-refractivity contribution in [1.82, 2.24) is 4.98 Å². The van der Waals surface area contributed by atoms with Gasteiger partial charge in [0.05, 0.1) is 28.3 Å². The Bertz CT molecular complexity index is 748. The van der Waals surface area contributed by atoms with Gasteiger partial charge in [-0.05, 0) is 31.2 Å². The normalized spacial score (nSPS) is 10.2. The molecule has 0 fully saturated rings. The first kappa shape index (κ1) is 16.3. The molecule has 1 amide bonds. The van der Waals surface area contributed by atoms with Crippen molar-refractivity contribution in [2.45, 2.75) is 6.92 Å². The molecule has 1 aromatic heterocycles. The number of esters is 1. The molecule has 2 rings (SSSR count). The number of hydrogen-bond acceptors (Lipinski definition) is 4. The minimum Gasteiger partial charge on any atom is -0.465 e. The van der Waals surface area contributed by atoms with Crippen LogP contribution in [0.4, 0.5) is 5.82 Å². The molecule has 5 nitrogen and oxygen atoms in total. The van der Waals surface area contributed by atoms with Crippen molar-refractivity contribution < 1.29 is 14.3 Å². The SMILES string of the molecule is COC(=O)c1cc(Cl)c(Cl)cc1C(=O)Nc1cccc(C)n1. The Morgan fingerprint density at radius 1 is 1.14 bits per heavy atom. The fourth-order valence-corrected chi connectivity index (χ4v) is 2.14.